The van der Waals surface area contributed by atoms with Crippen LogP contribution in [0.25, 0.3) is 0 Å². The van der Waals surface area contributed by atoms with Crippen molar-refractivity contribution in [2.75, 3.05) is 19.8 Å². The summed E-state index contributed by atoms with van der Waals surface area (Å²) in [7, 11) is 0. The van der Waals surface area contributed by atoms with Gasteiger partial charge in [0.2, 0.25) is 0 Å². The topological polar surface area (TPSA) is 100 Å². The fourth-order valence-corrected chi connectivity index (χ4v) is 3.49. The second-order valence-corrected chi connectivity index (χ2v) is 9.61. The summed E-state index contributed by atoms with van der Waals surface area (Å²) in [5, 5.41) is 3.08. The fourth-order valence-electron chi connectivity index (χ4n) is 3.49. The van der Waals surface area contributed by atoms with Gasteiger partial charge in [-0.2, -0.15) is 0 Å². The molecule has 212 valence electrons. The lowest BCUT2D eigenvalue weighted by atomic mass is 10.1. The third-order valence-corrected chi connectivity index (χ3v) is 5.37. The minimum Gasteiger partial charge on any atom is -0.493 e. The van der Waals surface area contributed by atoms with E-state index < -0.39 is 23.6 Å². The number of carbonyl (C=O) groups excluding carboxylic acids is 3. The summed E-state index contributed by atoms with van der Waals surface area (Å²) in [6, 6.07) is 10.7. The molecule has 0 bridgehead atoms. The Morgan fingerprint density at radius 1 is 0.700 bits per heavy atom. The molecule has 0 fully saturated rings. The number of ketones is 1. The minimum absolute atomic E-state index is 0.0184. The lowest BCUT2D eigenvalue weighted by Gasteiger charge is -2.20. The summed E-state index contributed by atoms with van der Waals surface area (Å²) >= 11 is 0. The lowest BCUT2D eigenvalue weighted by molar-refractivity contribution is 0.0677. The van der Waals surface area contributed by atoms with Gasteiger partial charge in [-0.15, -0.1) is 0 Å². The Hall–Kier alpha value is -4.31. The molecule has 0 aliphatic carbocycles. The minimum atomic E-state index is -1.02. The van der Waals surface area contributed by atoms with Crippen molar-refractivity contribution in [3.8, 4) is 23.0 Å². The summed E-state index contributed by atoms with van der Waals surface area (Å²) in [5.74, 6) is -4.08. The zero-order chi connectivity index (χ0) is 29.4. The van der Waals surface area contributed by atoms with Crippen LogP contribution in [0.5, 0.6) is 23.0 Å². The van der Waals surface area contributed by atoms with E-state index in [2.05, 4.69) is 5.32 Å². The highest BCUT2D eigenvalue weighted by Gasteiger charge is 2.23. The van der Waals surface area contributed by atoms with Crippen LogP contribution in [-0.2, 0) is 0 Å². The Kier molecular flexibility index (Phi) is 9.95. The van der Waals surface area contributed by atoms with Gasteiger partial charge in [0, 0.05) is 11.1 Å². The van der Waals surface area contributed by atoms with Gasteiger partial charge in [-0.25, -0.2) is 18.4 Å². The van der Waals surface area contributed by atoms with Crippen LogP contribution in [0.15, 0.2) is 54.6 Å². The number of carbonyl (C=O) groups is 3. The molecule has 0 saturated carbocycles. The molecule has 0 heterocycles. The normalized spacial score (nSPS) is 11.1. The Morgan fingerprint density at radius 2 is 1.18 bits per heavy atom. The van der Waals surface area contributed by atoms with Gasteiger partial charge >= 0.3 is 11.9 Å². The van der Waals surface area contributed by atoms with Crippen LogP contribution in [-0.4, -0.2) is 43.0 Å². The van der Waals surface area contributed by atoms with Crippen LogP contribution in [0.3, 0.4) is 0 Å². The molecule has 0 atom stereocenters. The van der Waals surface area contributed by atoms with Crippen molar-refractivity contribution in [2.45, 2.75) is 40.2 Å². The summed E-state index contributed by atoms with van der Waals surface area (Å²) < 4.78 is 49.7. The highest BCUT2D eigenvalue weighted by atomic mass is 19.1. The first-order valence-electron chi connectivity index (χ1n) is 12.6. The molecule has 3 rings (SSSR count). The Balaban J connectivity index is 2.00. The Bertz CT molecular complexity index is 1400. The molecular weight excluding hydrogens is 524 g/mol. The van der Waals surface area contributed by atoms with E-state index in [-0.39, 0.29) is 70.8 Å². The van der Waals surface area contributed by atoms with E-state index in [1.165, 1.54) is 30.3 Å². The van der Waals surface area contributed by atoms with Crippen molar-refractivity contribution in [3.63, 3.8) is 0 Å². The van der Waals surface area contributed by atoms with Gasteiger partial charge in [-0.3, -0.25) is 4.79 Å². The third kappa shape index (κ3) is 8.09. The molecular formula is C30H31F2NO7. The predicted octanol–water partition coefficient (Wildman–Crippen LogP) is 5.77. The van der Waals surface area contributed by atoms with Crippen molar-refractivity contribution in [2.24, 2.45) is 0 Å². The molecule has 3 aromatic carbocycles. The maximum absolute atomic E-state index is 14.0. The van der Waals surface area contributed by atoms with Crippen molar-refractivity contribution >= 4 is 17.7 Å². The number of hydrogen-bond donors (Lipinski definition) is 1. The number of ether oxygens (including phenoxy) is 4. The van der Waals surface area contributed by atoms with Crippen molar-refractivity contribution in [3.05, 3.63) is 82.9 Å². The standard InChI is InChI=1S/C30H31F2NO7/c1-6-37-24-12-9-19(31)15-21(24)28(35)39-26-11-8-18(23(34)17-33-30(3,4)5)14-27(26)40-29(36)22-16-20(32)10-13-25(22)38-7-2/h8-16,33H,6-7,17H2,1-5H3. The summed E-state index contributed by atoms with van der Waals surface area (Å²) in [4.78, 5) is 39.0. The molecule has 0 unspecified atom stereocenters. The molecule has 0 spiro atoms. The first-order valence-corrected chi connectivity index (χ1v) is 12.6. The van der Waals surface area contributed by atoms with Crippen molar-refractivity contribution < 1.29 is 42.1 Å². The van der Waals surface area contributed by atoms with E-state index in [0.29, 0.717) is 0 Å². The highest BCUT2D eigenvalue weighted by Crippen LogP contribution is 2.33. The average molecular weight is 556 g/mol. The van der Waals surface area contributed by atoms with Crippen LogP contribution in [0.4, 0.5) is 8.78 Å². The molecule has 40 heavy (non-hydrogen) atoms. The number of rotatable bonds is 11. The molecule has 1 N–H and O–H groups in total. The van der Waals surface area contributed by atoms with E-state index in [0.717, 1.165) is 24.3 Å². The molecule has 3 aromatic rings. The van der Waals surface area contributed by atoms with Crippen molar-refractivity contribution in [1.29, 1.82) is 0 Å². The Labute approximate surface area is 231 Å². The quantitative estimate of drug-likeness (QED) is 0.181. The Morgan fingerprint density at radius 3 is 1.65 bits per heavy atom. The molecule has 0 aliphatic heterocycles. The van der Waals surface area contributed by atoms with E-state index in [1.54, 1.807) is 13.8 Å². The fraction of sp³-hybridized carbons (Fsp3) is 0.300. The summed E-state index contributed by atoms with van der Waals surface area (Å²) in [6.07, 6.45) is 0. The van der Waals surface area contributed by atoms with E-state index >= 15 is 0 Å². The van der Waals surface area contributed by atoms with Crippen LogP contribution in [0.2, 0.25) is 0 Å². The number of esters is 2. The largest absolute Gasteiger partial charge is 0.493 e. The van der Waals surface area contributed by atoms with Gasteiger partial charge in [-0.05, 0) is 89.2 Å². The monoisotopic (exact) mass is 555 g/mol. The van der Waals surface area contributed by atoms with Gasteiger partial charge in [-0.1, -0.05) is 0 Å². The van der Waals surface area contributed by atoms with E-state index in [1.807, 2.05) is 20.8 Å². The zero-order valence-electron chi connectivity index (χ0n) is 22.9. The van der Waals surface area contributed by atoms with Gasteiger partial charge in [0.1, 0.15) is 34.3 Å². The molecule has 0 aromatic heterocycles. The zero-order valence-corrected chi connectivity index (χ0v) is 22.9. The average Bonchev–Trinajstić information content (AvgIpc) is 2.90. The van der Waals surface area contributed by atoms with Gasteiger partial charge in [0.15, 0.2) is 17.3 Å². The van der Waals surface area contributed by atoms with E-state index in [4.69, 9.17) is 18.9 Å². The predicted molar refractivity (Wildman–Crippen MR) is 144 cm³/mol. The molecule has 0 aliphatic rings. The maximum atomic E-state index is 14.0. The van der Waals surface area contributed by atoms with Crippen LogP contribution in [0.1, 0.15) is 65.7 Å². The molecule has 0 radical (unpaired) electrons. The summed E-state index contributed by atoms with van der Waals surface area (Å²) in [5.41, 5.74) is -0.590. The number of Topliss-reactive ketones (excluding diaryl/α,β-unsaturated/α-hetero) is 1. The summed E-state index contributed by atoms with van der Waals surface area (Å²) in [6.45, 7) is 9.48. The smallest absolute Gasteiger partial charge is 0.347 e. The van der Waals surface area contributed by atoms with Gasteiger partial charge < -0.3 is 24.3 Å². The number of hydrogen-bond acceptors (Lipinski definition) is 8. The van der Waals surface area contributed by atoms with Gasteiger partial charge in [0.05, 0.1) is 19.8 Å². The number of nitrogens with one attached hydrogen (secondary N) is 1. The van der Waals surface area contributed by atoms with Crippen LogP contribution in [0, 0.1) is 11.6 Å². The first-order chi connectivity index (χ1) is 18.9. The molecule has 0 amide bonds. The van der Waals surface area contributed by atoms with Crippen molar-refractivity contribution in [1.82, 2.24) is 5.32 Å². The lowest BCUT2D eigenvalue weighted by Crippen LogP contribution is -2.39. The second kappa shape index (κ2) is 13.2. The number of halogens is 2. The maximum Gasteiger partial charge on any atom is 0.347 e. The second-order valence-electron chi connectivity index (χ2n) is 9.61. The first kappa shape index (κ1) is 30.2. The third-order valence-electron chi connectivity index (χ3n) is 5.37. The molecule has 10 heteroatoms. The van der Waals surface area contributed by atoms with Crippen LogP contribution >= 0.6 is 0 Å². The van der Waals surface area contributed by atoms with Crippen LogP contribution < -0.4 is 24.3 Å². The van der Waals surface area contributed by atoms with E-state index in [9.17, 15) is 23.2 Å². The molecule has 8 nitrogen and oxygen atoms in total. The molecule has 0 saturated heterocycles. The highest BCUT2D eigenvalue weighted by molar-refractivity contribution is 6.00. The number of benzene rings is 3. The SMILES string of the molecule is CCOc1ccc(F)cc1C(=O)Oc1ccc(C(=O)CNC(C)(C)C)cc1OC(=O)c1cc(F)ccc1OCC. The van der Waals surface area contributed by atoms with Gasteiger partial charge in [0.25, 0.3) is 0 Å².